The summed E-state index contributed by atoms with van der Waals surface area (Å²) in [5.74, 6) is -2.62. The summed E-state index contributed by atoms with van der Waals surface area (Å²) in [5.41, 5.74) is 13.5. The van der Waals surface area contributed by atoms with Gasteiger partial charge in [0.25, 0.3) is 0 Å². The first-order valence-corrected chi connectivity index (χ1v) is 15.5. The van der Waals surface area contributed by atoms with Crippen molar-refractivity contribution in [2.45, 2.75) is 44.8 Å². The average molecular weight is 621 g/mol. The first-order chi connectivity index (χ1) is 20.9. The molecule has 3 rings (SSSR count). The van der Waals surface area contributed by atoms with Crippen LogP contribution in [0.3, 0.4) is 0 Å². The number of nitrogens with one attached hydrogen (secondary N) is 4. The molecule has 3 aromatic carbocycles. The molecule has 0 aliphatic rings. The van der Waals surface area contributed by atoms with E-state index in [9.17, 15) is 27.6 Å². The van der Waals surface area contributed by atoms with Crippen molar-refractivity contribution in [3.63, 3.8) is 0 Å². The lowest BCUT2D eigenvalue weighted by Crippen LogP contribution is -2.54. The molecule has 44 heavy (non-hydrogen) atoms. The van der Waals surface area contributed by atoms with Gasteiger partial charge >= 0.3 is 0 Å². The van der Waals surface area contributed by atoms with Crippen LogP contribution in [0.4, 0.5) is 0 Å². The zero-order valence-corrected chi connectivity index (χ0v) is 25.0. The van der Waals surface area contributed by atoms with Crippen molar-refractivity contribution in [2.75, 3.05) is 5.75 Å². The number of hydrogen-bond donors (Lipinski definition) is 6. The number of hydrogen-bond acceptors (Lipinski definition) is 7. The number of carbonyl (C=O) groups is 4. The van der Waals surface area contributed by atoms with Crippen molar-refractivity contribution in [1.82, 2.24) is 15.4 Å². The Kier molecular flexibility index (Phi) is 11.9. The highest BCUT2D eigenvalue weighted by molar-refractivity contribution is 7.89. The van der Waals surface area contributed by atoms with Crippen LogP contribution in [0.5, 0.6) is 0 Å². The molecule has 13 heteroatoms. The van der Waals surface area contributed by atoms with E-state index in [1.165, 1.54) is 6.92 Å². The van der Waals surface area contributed by atoms with Crippen molar-refractivity contribution < 1.29 is 27.6 Å². The molecule has 8 N–H and O–H groups in total. The molecule has 0 bridgehead atoms. The smallest absolute Gasteiger partial charge is 0.242 e. The van der Waals surface area contributed by atoms with E-state index in [0.29, 0.717) is 27.8 Å². The molecule has 0 aliphatic heterocycles. The largest absolute Gasteiger partial charge is 0.384 e. The van der Waals surface area contributed by atoms with Crippen LogP contribution in [-0.2, 0) is 37.4 Å². The molecule has 2 atom stereocenters. The van der Waals surface area contributed by atoms with Crippen molar-refractivity contribution >= 4 is 39.4 Å². The lowest BCUT2D eigenvalue weighted by Gasteiger charge is -2.23. The number of amides is 3. The minimum Gasteiger partial charge on any atom is -0.384 e. The van der Waals surface area contributed by atoms with Crippen molar-refractivity contribution in [2.24, 2.45) is 11.5 Å². The molecule has 0 aliphatic carbocycles. The van der Waals surface area contributed by atoms with Gasteiger partial charge in [-0.05, 0) is 30.9 Å². The van der Waals surface area contributed by atoms with Gasteiger partial charge in [0.05, 0.1) is 5.75 Å². The monoisotopic (exact) mass is 620 g/mol. The van der Waals surface area contributed by atoms with Crippen LogP contribution in [0.15, 0.2) is 78.9 Å². The summed E-state index contributed by atoms with van der Waals surface area (Å²) in [5, 5.41) is 12.7. The van der Waals surface area contributed by atoms with E-state index in [4.69, 9.17) is 16.9 Å². The topological polar surface area (TPSA) is 214 Å². The summed E-state index contributed by atoms with van der Waals surface area (Å²) in [4.78, 5) is 50.7. The number of nitrogens with two attached hydrogens (primary N) is 2. The third-order valence-electron chi connectivity index (χ3n) is 6.75. The number of carbonyl (C=O) groups excluding carboxylic acids is 4. The van der Waals surface area contributed by atoms with Gasteiger partial charge in [-0.3, -0.25) is 24.6 Å². The van der Waals surface area contributed by atoms with Gasteiger partial charge in [0.2, 0.25) is 27.7 Å². The Bertz CT molecular complexity index is 1590. The van der Waals surface area contributed by atoms with Gasteiger partial charge in [0.15, 0.2) is 5.78 Å². The van der Waals surface area contributed by atoms with Crippen molar-refractivity contribution in [3.8, 4) is 0 Å². The maximum Gasteiger partial charge on any atom is 0.242 e. The first-order valence-electron chi connectivity index (χ1n) is 13.9. The number of sulfonamides is 1. The SMILES string of the molecule is CCS(=O)(=O)NC(Cc1ccc(C(=O)c2ccccc2)cc1)C(=O)NC(CCC(N)=O)C(=O)NCc1ccc(C(=N)N)cc1. The third kappa shape index (κ3) is 10.1. The van der Waals surface area contributed by atoms with E-state index in [-0.39, 0.29) is 43.2 Å². The second-order valence-corrected chi connectivity index (χ2v) is 12.1. The van der Waals surface area contributed by atoms with Crippen LogP contribution in [0.25, 0.3) is 0 Å². The maximum atomic E-state index is 13.4. The minimum absolute atomic E-state index is 0.0719. The summed E-state index contributed by atoms with van der Waals surface area (Å²) in [7, 11) is -3.84. The fourth-order valence-corrected chi connectivity index (χ4v) is 5.00. The highest BCUT2D eigenvalue weighted by atomic mass is 32.2. The molecule has 0 spiro atoms. The van der Waals surface area contributed by atoms with Crippen LogP contribution in [-0.4, -0.2) is 55.6 Å². The summed E-state index contributed by atoms with van der Waals surface area (Å²) in [6.45, 7) is 1.51. The van der Waals surface area contributed by atoms with Crippen LogP contribution >= 0.6 is 0 Å². The number of nitrogen functional groups attached to an aromatic ring is 1. The average Bonchev–Trinajstić information content (AvgIpc) is 3.01. The zero-order valence-electron chi connectivity index (χ0n) is 24.2. The molecule has 232 valence electrons. The number of benzene rings is 3. The van der Waals surface area contributed by atoms with Crippen molar-refractivity contribution in [3.05, 3.63) is 107 Å². The second-order valence-electron chi connectivity index (χ2n) is 10.1. The molecule has 0 fully saturated rings. The van der Waals surface area contributed by atoms with Crippen LogP contribution in [0.2, 0.25) is 0 Å². The summed E-state index contributed by atoms with van der Waals surface area (Å²) in [6, 6.07) is 19.3. The Morgan fingerprint density at radius 2 is 1.34 bits per heavy atom. The molecule has 0 saturated carbocycles. The predicted octanol–water partition coefficient (Wildman–Crippen LogP) is 1.12. The van der Waals surface area contributed by atoms with E-state index < -0.39 is 39.8 Å². The van der Waals surface area contributed by atoms with E-state index in [2.05, 4.69) is 15.4 Å². The number of ketones is 1. The van der Waals surface area contributed by atoms with Gasteiger partial charge in [-0.15, -0.1) is 0 Å². The van der Waals surface area contributed by atoms with Gasteiger partial charge in [0.1, 0.15) is 17.9 Å². The molecule has 0 aromatic heterocycles. The maximum absolute atomic E-state index is 13.4. The van der Waals surface area contributed by atoms with Gasteiger partial charge in [0, 0.05) is 29.7 Å². The summed E-state index contributed by atoms with van der Waals surface area (Å²) in [6.07, 6.45) is -0.384. The molecular formula is C31H36N6O6S. The first kappa shape index (κ1) is 33.6. The Balaban J connectivity index is 1.75. The molecule has 12 nitrogen and oxygen atoms in total. The zero-order chi connectivity index (χ0) is 32.3. The predicted molar refractivity (Wildman–Crippen MR) is 166 cm³/mol. The van der Waals surface area contributed by atoms with Gasteiger partial charge in [-0.2, -0.15) is 0 Å². The Morgan fingerprint density at radius 3 is 1.91 bits per heavy atom. The van der Waals surface area contributed by atoms with Gasteiger partial charge in [-0.25, -0.2) is 13.1 Å². The van der Waals surface area contributed by atoms with E-state index in [1.54, 1.807) is 78.9 Å². The number of rotatable bonds is 16. The van der Waals surface area contributed by atoms with Crippen LogP contribution < -0.4 is 26.8 Å². The molecule has 2 unspecified atom stereocenters. The Hall–Kier alpha value is -4.88. The highest BCUT2D eigenvalue weighted by Crippen LogP contribution is 2.13. The van der Waals surface area contributed by atoms with Gasteiger partial charge in [-0.1, -0.05) is 78.9 Å². The third-order valence-corrected chi connectivity index (χ3v) is 8.16. The Labute approximate surface area is 256 Å². The minimum atomic E-state index is -3.84. The summed E-state index contributed by atoms with van der Waals surface area (Å²) < 4.78 is 27.3. The lowest BCUT2D eigenvalue weighted by atomic mass is 9.99. The second kappa shape index (κ2) is 15.5. The van der Waals surface area contributed by atoms with E-state index >= 15 is 0 Å². The quantitative estimate of drug-likeness (QED) is 0.0779. The molecule has 0 saturated heterocycles. The van der Waals surface area contributed by atoms with E-state index in [0.717, 1.165) is 0 Å². The van der Waals surface area contributed by atoms with Gasteiger partial charge < -0.3 is 22.1 Å². The standard InChI is InChI=1S/C31H36N6O6S/c1-2-44(42,43)37-26(18-20-8-12-23(13-9-20)28(39)22-6-4-3-5-7-22)31(41)36-25(16-17-27(32)38)30(40)35-19-21-10-14-24(15-11-21)29(33)34/h3-15,25-26,37H,2,16-19H2,1H3,(H2,32,38)(H3,33,34)(H,35,40)(H,36,41). The lowest BCUT2D eigenvalue weighted by molar-refractivity contribution is -0.130. The summed E-state index contributed by atoms with van der Waals surface area (Å²) >= 11 is 0. The molecule has 0 heterocycles. The normalized spacial score (nSPS) is 12.5. The van der Waals surface area contributed by atoms with Crippen LogP contribution in [0.1, 0.15) is 52.4 Å². The highest BCUT2D eigenvalue weighted by Gasteiger charge is 2.29. The van der Waals surface area contributed by atoms with Crippen molar-refractivity contribution in [1.29, 1.82) is 5.41 Å². The molecule has 3 aromatic rings. The Morgan fingerprint density at radius 1 is 0.773 bits per heavy atom. The molecule has 0 radical (unpaired) electrons. The van der Waals surface area contributed by atoms with Crippen LogP contribution in [0, 0.1) is 5.41 Å². The number of amidine groups is 1. The number of primary amides is 1. The van der Waals surface area contributed by atoms with E-state index in [1.807, 2.05) is 0 Å². The molecular weight excluding hydrogens is 584 g/mol. The fraction of sp³-hybridized carbons (Fsp3) is 0.258. The fourth-order valence-electron chi connectivity index (χ4n) is 4.21. The molecule has 3 amide bonds.